The van der Waals surface area contributed by atoms with E-state index >= 15 is 0 Å². The lowest BCUT2D eigenvalue weighted by atomic mass is 10.2. The summed E-state index contributed by atoms with van der Waals surface area (Å²) in [6, 6.07) is 20.5. The number of nitrogens with zero attached hydrogens (tertiary/aromatic N) is 1. The van der Waals surface area contributed by atoms with E-state index in [4.69, 9.17) is 21.1 Å². The molecular formula is C25H25ClN2O5S. The average Bonchev–Trinajstić information content (AvgIpc) is 2.86. The van der Waals surface area contributed by atoms with E-state index in [-0.39, 0.29) is 30.3 Å². The number of hydrogen-bond acceptors (Lipinski definition) is 5. The summed E-state index contributed by atoms with van der Waals surface area (Å²) < 4.78 is 39.4. The van der Waals surface area contributed by atoms with Gasteiger partial charge in [0.1, 0.15) is 18.1 Å². The predicted octanol–water partition coefficient (Wildman–Crippen LogP) is 4.05. The molecule has 0 aliphatic carbocycles. The molecule has 0 saturated heterocycles. The fourth-order valence-electron chi connectivity index (χ4n) is 3.59. The number of anilines is 1. The van der Waals surface area contributed by atoms with Gasteiger partial charge in [0.25, 0.3) is 15.9 Å². The van der Waals surface area contributed by atoms with Gasteiger partial charge in [-0.25, -0.2) is 8.42 Å². The van der Waals surface area contributed by atoms with Crippen LogP contribution in [0.2, 0.25) is 5.02 Å². The van der Waals surface area contributed by atoms with Crippen molar-refractivity contribution < 1.29 is 22.7 Å². The predicted molar refractivity (Wildman–Crippen MR) is 131 cm³/mol. The highest BCUT2D eigenvalue weighted by Crippen LogP contribution is 2.38. The largest absolute Gasteiger partial charge is 0.492 e. The average molecular weight is 501 g/mol. The first kappa shape index (κ1) is 23.9. The number of amides is 1. The second-order valence-electron chi connectivity index (χ2n) is 7.70. The molecule has 1 aliphatic heterocycles. The summed E-state index contributed by atoms with van der Waals surface area (Å²) in [5, 5.41) is 3.13. The molecule has 9 heteroatoms. The summed E-state index contributed by atoms with van der Waals surface area (Å²) in [5.41, 5.74) is 1.51. The zero-order chi connectivity index (χ0) is 24.1. The number of hydrogen-bond donors (Lipinski definition) is 1. The fraction of sp³-hybridized carbons (Fsp3) is 0.240. The molecule has 3 aromatic carbocycles. The lowest BCUT2D eigenvalue weighted by Crippen LogP contribution is -2.51. The summed E-state index contributed by atoms with van der Waals surface area (Å²) in [7, 11) is -3.94. The third kappa shape index (κ3) is 5.29. The molecule has 0 bridgehead atoms. The van der Waals surface area contributed by atoms with E-state index in [9.17, 15) is 13.2 Å². The fourth-order valence-corrected chi connectivity index (χ4v) is 5.24. The molecule has 34 heavy (non-hydrogen) atoms. The number of sulfonamides is 1. The van der Waals surface area contributed by atoms with E-state index in [1.807, 2.05) is 24.3 Å². The van der Waals surface area contributed by atoms with Crippen molar-refractivity contribution in [3.05, 3.63) is 83.4 Å². The number of nitrogens with one attached hydrogen (secondary N) is 1. The highest BCUT2D eigenvalue weighted by molar-refractivity contribution is 7.92. The third-order valence-corrected chi connectivity index (χ3v) is 7.44. The number of carbonyl (C=O) groups excluding carboxylic acids is 1. The summed E-state index contributed by atoms with van der Waals surface area (Å²) in [5.74, 6) is 0.549. The van der Waals surface area contributed by atoms with Gasteiger partial charge in [-0.3, -0.25) is 9.10 Å². The molecule has 0 fully saturated rings. The Morgan fingerprint density at radius 1 is 1.12 bits per heavy atom. The van der Waals surface area contributed by atoms with Crippen LogP contribution >= 0.6 is 11.6 Å². The second-order valence-corrected chi connectivity index (χ2v) is 10.0. The van der Waals surface area contributed by atoms with Crippen LogP contribution in [-0.2, 0) is 21.2 Å². The zero-order valence-electron chi connectivity index (χ0n) is 18.6. The van der Waals surface area contributed by atoms with Crippen molar-refractivity contribution in [1.29, 1.82) is 0 Å². The number of carbonyl (C=O) groups is 1. The molecule has 0 radical (unpaired) electrons. The Hall–Kier alpha value is -3.23. The highest BCUT2D eigenvalue weighted by atomic mass is 35.5. The Bertz CT molecular complexity index is 1250. The lowest BCUT2D eigenvalue weighted by Gasteiger charge is -2.34. The Labute approximate surface area is 204 Å². The van der Waals surface area contributed by atoms with Crippen LogP contribution in [-0.4, -0.2) is 40.1 Å². The van der Waals surface area contributed by atoms with Gasteiger partial charge in [0, 0.05) is 5.02 Å². The van der Waals surface area contributed by atoms with Crippen molar-refractivity contribution >= 4 is 33.2 Å². The number of fused-ring (bicyclic) bond motifs is 1. The van der Waals surface area contributed by atoms with Gasteiger partial charge in [-0.2, -0.15) is 0 Å². The second kappa shape index (κ2) is 10.4. The van der Waals surface area contributed by atoms with Crippen molar-refractivity contribution in [2.75, 3.05) is 24.0 Å². The Morgan fingerprint density at radius 2 is 1.85 bits per heavy atom. The van der Waals surface area contributed by atoms with E-state index in [0.717, 1.165) is 6.42 Å². The van der Waals surface area contributed by atoms with Crippen molar-refractivity contribution in [2.45, 2.75) is 24.3 Å². The molecule has 4 rings (SSSR count). The van der Waals surface area contributed by atoms with Gasteiger partial charge in [-0.1, -0.05) is 48.9 Å². The third-order valence-electron chi connectivity index (χ3n) is 5.42. The quantitative estimate of drug-likeness (QED) is 0.471. The maximum Gasteiger partial charge on any atom is 0.264 e. The van der Waals surface area contributed by atoms with Crippen molar-refractivity contribution in [3.63, 3.8) is 0 Å². The molecular weight excluding hydrogens is 476 g/mol. The van der Waals surface area contributed by atoms with Crippen molar-refractivity contribution in [3.8, 4) is 11.5 Å². The van der Waals surface area contributed by atoms with Crippen molar-refractivity contribution in [1.82, 2.24) is 5.32 Å². The number of ether oxygens (including phenoxy) is 2. The maximum atomic E-state index is 13.4. The molecule has 178 valence electrons. The summed E-state index contributed by atoms with van der Waals surface area (Å²) in [6.45, 7) is 2.41. The minimum Gasteiger partial charge on any atom is -0.492 e. The SMILES string of the molecule is CCc1ccc(OCCNC(=O)C2CN(S(=O)(=O)c3ccccc3)c3cc(Cl)ccc3O2)cc1. The summed E-state index contributed by atoms with van der Waals surface area (Å²) in [6.07, 6.45) is -0.0830. The first-order valence-corrected chi connectivity index (χ1v) is 12.7. The monoisotopic (exact) mass is 500 g/mol. The van der Waals surface area contributed by atoms with Crippen LogP contribution in [0, 0.1) is 0 Å². The van der Waals surface area contributed by atoms with Crippen LogP contribution < -0.4 is 19.1 Å². The van der Waals surface area contributed by atoms with Crippen LogP contribution in [0.3, 0.4) is 0 Å². The zero-order valence-corrected chi connectivity index (χ0v) is 20.2. The molecule has 1 heterocycles. The molecule has 1 N–H and O–H groups in total. The topological polar surface area (TPSA) is 84.9 Å². The summed E-state index contributed by atoms with van der Waals surface area (Å²) >= 11 is 6.12. The Balaban J connectivity index is 1.45. The van der Waals surface area contributed by atoms with Gasteiger partial charge in [0.05, 0.1) is 23.7 Å². The lowest BCUT2D eigenvalue weighted by molar-refractivity contribution is -0.127. The molecule has 1 aliphatic rings. The summed E-state index contributed by atoms with van der Waals surface area (Å²) in [4.78, 5) is 13.0. The van der Waals surface area contributed by atoms with Gasteiger partial charge in [0.15, 0.2) is 6.10 Å². The van der Waals surface area contributed by atoms with Crippen molar-refractivity contribution in [2.24, 2.45) is 0 Å². The van der Waals surface area contributed by atoms with Crippen LogP contribution in [0.15, 0.2) is 77.7 Å². The van der Waals surface area contributed by atoms with Gasteiger partial charge in [-0.15, -0.1) is 0 Å². The molecule has 1 amide bonds. The molecule has 3 aromatic rings. The van der Waals surface area contributed by atoms with Gasteiger partial charge in [-0.05, 0) is 54.4 Å². The van der Waals surface area contributed by atoms with Gasteiger partial charge >= 0.3 is 0 Å². The van der Waals surface area contributed by atoms with E-state index in [2.05, 4.69) is 12.2 Å². The smallest absolute Gasteiger partial charge is 0.264 e. The first-order chi connectivity index (χ1) is 16.4. The highest BCUT2D eigenvalue weighted by Gasteiger charge is 2.37. The minimum atomic E-state index is -3.94. The number of benzene rings is 3. The van der Waals surface area contributed by atoms with Crippen LogP contribution in [0.1, 0.15) is 12.5 Å². The Kier molecular flexibility index (Phi) is 7.29. The molecule has 0 aromatic heterocycles. The molecule has 0 saturated carbocycles. The molecule has 7 nitrogen and oxygen atoms in total. The van der Waals surface area contributed by atoms with Crippen LogP contribution in [0.25, 0.3) is 0 Å². The number of rotatable bonds is 8. The van der Waals surface area contributed by atoms with Gasteiger partial charge < -0.3 is 14.8 Å². The van der Waals surface area contributed by atoms with Crippen LogP contribution in [0.5, 0.6) is 11.5 Å². The molecule has 1 unspecified atom stereocenters. The maximum absolute atomic E-state index is 13.4. The Morgan fingerprint density at radius 3 is 2.56 bits per heavy atom. The molecule has 1 atom stereocenters. The van der Waals surface area contributed by atoms with E-state index < -0.39 is 22.0 Å². The van der Waals surface area contributed by atoms with Crippen LogP contribution in [0.4, 0.5) is 5.69 Å². The number of halogens is 1. The normalized spacial score (nSPS) is 15.2. The van der Waals surface area contributed by atoms with Gasteiger partial charge in [0.2, 0.25) is 0 Å². The number of aryl methyl sites for hydroxylation is 1. The minimum absolute atomic E-state index is 0.115. The van der Waals surface area contributed by atoms with E-state index in [1.165, 1.54) is 28.1 Å². The molecule has 0 spiro atoms. The first-order valence-electron chi connectivity index (χ1n) is 10.9. The van der Waals surface area contributed by atoms with E-state index in [0.29, 0.717) is 16.5 Å². The standard InChI is InChI=1S/C25H25ClN2O5S/c1-2-18-8-11-20(12-9-18)32-15-14-27-25(29)24-17-28(22-16-19(26)10-13-23(22)33-24)34(30,31)21-6-4-3-5-7-21/h3-13,16,24H,2,14-15,17H2,1H3,(H,27,29). The van der Waals surface area contributed by atoms with E-state index in [1.54, 1.807) is 30.3 Å².